The van der Waals surface area contributed by atoms with Gasteiger partial charge in [-0.15, -0.1) is 0 Å². The smallest absolute Gasteiger partial charge is 0.264 e. The minimum Gasteiger partial charge on any atom is -0.507 e. The lowest BCUT2D eigenvalue weighted by Crippen LogP contribution is -2.30. The summed E-state index contributed by atoms with van der Waals surface area (Å²) < 4.78 is 14.1. The third kappa shape index (κ3) is 3.40. The van der Waals surface area contributed by atoms with Crippen LogP contribution >= 0.6 is 11.6 Å². The molecule has 3 aromatic rings. The Morgan fingerprint density at radius 3 is 2.53 bits per heavy atom. The quantitative estimate of drug-likeness (QED) is 0.613. The van der Waals surface area contributed by atoms with E-state index in [1.807, 2.05) is 0 Å². The second-order valence-electron chi connectivity index (χ2n) is 6.63. The van der Waals surface area contributed by atoms with Gasteiger partial charge in [0.25, 0.3) is 17.7 Å². The largest absolute Gasteiger partial charge is 0.507 e. The normalized spacial score (nSPS) is 12.8. The molecule has 0 aromatic heterocycles. The molecule has 0 unspecified atom stereocenters. The monoisotopic (exact) mass is 424 g/mol. The topological polar surface area (TPSA) is 86.7 Å². The third-order valence-corrected chi connectivity index (χ3v) is 4.98. The van der Waals surface area contributed by atoms with Crippen LogP contribution in [0.1, 0.15) is 36.6 Å². The number of fused-ring (bicyclic) bond motifs is 1. The van der Waals surface area contributed by atoms with Crippen LogP contribution in [0.4, 0.5) is 10.1 Å². The summed E-state index contributed by atoms with van der Waals surface area (Å²) >= 11 is 6.07. The Balaban J connectivity index is 1.65. The minimum absolute atomic E-state index is 0.0122. The second kappa shape index (κ2) is 7.61. The lowest BCUT2D eigenvalue weighted by atomic mass is 10.1. The summed E-state index contributed by atoms with van der Waals surface area (Å²) in [5.41, 5.74) is 0.443. The number of para-hydroxylation sites is 1. The Morgan fingerprint density at radius 2 is 1.80 bits per heavy atom. The maximum absolute atomic E-state index is 14.1. The van der Waals surface area contributed by atoms with Crippen molar-refractivity contribution in [2.45, 2.75) is 6.54 Å². The van der Waals surface area contributed by atoms with E-state index in [0.29, 0.717) is 16.3 Å². The van der Waals surface area contributed by atoms with Crippen molar-refractivity contribution in [1.82, 2.24) is 4.90 Å². The number of rotatable bonds is 4. The van der Waals surface area contributed by atoms with Gasteiger partial charge in [-0.3, -0.25) is 19.3 Å². The molecular weight excluding hydrogens is 411 g/mol. The molecule has 6 nitrogen and oxygen atoms in total. The van der Waals surface area contributed by atoms with Gasteiger partial charge in [-0.25, -0.2) is 4.39 Å². The van der Waals surface area contributed by atoms with E-state index in [4.69, 9.17) is 11.6 Å². The molecule has 0 saturated carbocycles. The molecule has 0 fully saturated rings. The van der Waals surface area contributed by atoms with Crippen molar-refractivity contribution in [2.24, 2.45) is 0 Å². The van der Waals surface area contributed by atoms with E-state index in [2.05, 4.69) is 5.32 Å². The molecule has 0 atom stereocenters. The number of phenolic OH excluding ortho intramolecular Hbond substituents is 1. The lowest BCUT2D eigenvalue weighted by Gasteiger charge is -2.18. The molecule has 1 heterocycles. The number of benzene rings is 3. The molecule has 0 radical (unpaired) electrons. The Morgan fingerprint density at radius 1 is 1.03 bits per heavy atom. The molecule has 1 aliphatic rings. The summed E-state index contributed by atoms with van der Waals surface area (Å²) in [4.78, 5) is 38.7. The molecule has 0 spiro atoms. The van der Waals surface area contributed by atoms with Gasteiger partial charge in [0.15, 0.2) is 0 Å². The number of carbonyl (C=O) groups is 3. The van der Waals surface area contributed by atoms with Crippen LogP contribution in [0.25, 0.3) is 0 Å². The van der Waals surface area contributed by atoms with Gasteiger partial charge in [0.2, 0.25) is 0 Å². The van der Waals surface area contributed by atoms with Gasteiger partial charge < -0.3 is 10.4 Å². The highest BCUT2D eigenvalue weighted by Crippen LogP contribution is 2.30. The fourth-order valence-electron chi connectivity index (χ4n) is 3.28. The van der Waals surface area contributed by atoms with Crippen molar-refractivity contribution in [2.75, 3.05) is 5.32 Å². The predicted octanol–water partition coefficient (Wildman–Crippen LogP) is 4.23. The standard InChI is InChI=1S/C22H14ClFN2O4/c23-13-8-9-17(25-20(28)14-4-1-2-7-18(14)27)12(10-13)11-26-21(29)15-5-3-6-16(24)19(15)22(26)30/h1-10,27H,11H2,(H,25,28). The van der Waals surface area contributed by atoms with E-state index in [1.54, 1.807) is 12.1 Å². The molecule has 150 valence electrons. The number of anilines is 1. The number of halogens is 2. The van der Waals surface area contributed by atoms with Crippen LogP contribution in [0.5, 0.6) is 5.75 Å². The number of carbonyl (C=O) groups excluding carboxylic acids is 3. The highest BCUT2D eigenvalue weighted by atomic mass is 35.5. The van der Waals surface area contributed by atoms with Gasteiger partial charge in [-0.2, -0.15) is 0 Å². The first-order valence-electron chi connectivity index (χ1n) is 8.89. The van der Waals surface area contributed by atoms with Crippen LogP contribution in [-0.2, 0) is 6.54 Å². The average molecular weight is 425 g/mol. The van der Waals surface area contributed by atoms with Gasteiger partial charge in [0, 0.05) is 10.7 Å². The average Bonchev–Trinajstić information content (AvgIpc) is 2.96. The van der Waals surface area contributed by atoms with Crippen molar-refractivity contribution < 1.29 is 23.9 Å². The van der Waals surface area contributed by atoms with Crippen LogP contribution in [0, 0.1) is 5.82 Å². The number of imide groups is 1. The Kier molecular flexibility index (Phi) is 4.97. The first-order chi connectivity index (χ1) is 14.4. The van der Waals surface area contributed by atoms with Crippen molar-refractivity contribution in [1.29, 1.82) is 0 Å². The first kappa shape index (κ1) is 19.6. The van der Waals surface area contributed by atoms with Crippen molar-refractivity contribution in [3.05, 3.63) is 93.8 Å². The third-order valence-electron chi connectivity index (χ3n) is 4.74. The summed E-state index contributed by atoms with van der Waals surface area (Å²) in [6.45, 7) is -0.220. The molecule has 3 aromatic carbocycles. The zero-order valence-electron chi connectivity index (χ0n) is 15.4. The van der Waals surface area contributed by atoms with Crippen LogP contribution in [0.2, 0.25) is 5.02 Å². The molecule has 1 aliphatic heterocycles. The van der Waals surface area contributed by atoms with Crippen LogP contribution < -0.4 is 5.32 Å². The Bertz CT molecular complexity index is 1210. The van der Waals surface area contributed by atoms with Crippen LogP contribution in [0.3, 0.4) is 0 Å². The van der Waals surface area contributed by atoms with Crippen LogP contribution in [-0.4, -0.2) is 27.7 Å². The van der Waals surface area contributed by atoms with E-state index < -0.39 is 23.5 Å². The zero-order chi connectivity index (χ0) is 21.4. The number of aromatic hydroxyl groups is 1. The summed E-state index contributed by atoms with van der Waals surface area (Å²) in [6, 6.07) is 14.4. The van der Waals surface area contributed by atoms with E-state index >= 15 is 0 Å². The number of amides is 3. The maximum Gasteiger partial charge on any atom is 0.264 e. The van der Waals surface area contributed by atoms with Gasteiger partial charge in [0.05, 0.1) is 23.2 Å². The maximum atomic E-state index is 14.1. The number of nitrogens with one attached hydrogen (secondary N) is 1. The second-order valence-corrected chi connectivity index (χ2v) is 7.07. The highest BCUT2D eigenvalue weighted by Gasteiger charge is 2.38. The van der Waals surface area contributed by atoms with Gasteiger partial charge >= 0.3 is 0 Å². The number of hydrogen-bond acceptors (Lipinski definition) is 4. The molecule has 0 bridgehead atoms. The van der Waals surface area contributed by atoms with Crippen molar-refractivity contribution in [3.8, 4) is 5.75 Å². The Labute approximate surface area is 175 Å². The summed E-state index contributed by atoms with van der Waals surface area (Å²) in [5.74, 6) is -2.93. The molecule has 30 heavy (non-hydrogen) atoms. The van der Waals surface area contributed by atoms with Crippen LogP contribution in [0.15, 0.2) is 60.7 Å². The van der Waals surface area contributed by atoms with E-state index in [1.165, 1.54) is 42.5 Å². The van der Waals surface area contributed by atoms with E-state index in [-0.39, 0.29) is 29.0 Å². The lowest BCUT2D eigenvalue weighted by molar-refractivity contribution is 0.0641. The number of hydrogen-bond donors (Lipinski definition) is 2. The summed E-state index contributed by atoms with van der Waals surface area (Å²) in [6.07, 6.45) is 0. The van der Waals surface area contributed by atoms with Gasteiger partial charge in [-0.05, 0) is 48.0 Å². The summed E-state index contributed by atoms with van der Waals surface area (Å²) in [5, 5.41) is 12.9. The predicted molar refractivity (Wildman–Crippen MR) is 108 cm³/mol. The molecule has 2 N–H and O–H groups in total. The zero-order valence-corrected chi connectivity index (χ0v) is 16.1. The molecule has 3 amide bonds. The van der Waals surface area contributed by atoms with Crippen molar-refractivity contribution >= 4 is 35.0 Å². The molecule has 8 heteroatoms. The fourth-order valence-corrected chi connectivity index (χ4v) is 3.47. The fraction of sp³-hybridized carbons (Fsp3) is 0.0455. The molecule has 0 aliphatic carbocycles. The SMILES string of the molecule is O=C(Nc1ccc(Cl)cc1CN1C(=O)c2cccc(F)c2C1=O)c1ccccc1O. The molecular formula is C22H14ClFN2O4. The number of nitrogens with zero attached hydrogens (tertiary/aromatic N) is 1. The summed E-state index contributed by atoms with van der Waals surface area (Å²) in [7, 11) is 0. The number of phenols is 1. The van der Waals surface area contributed by atoms with Gasteiger partial charge in [-0.1, -0.05) is 29.8 Å². The minimum atomic E-state index is -0.771. The van der Waals surface area contributed by atoms with E-state index in [9.17, 15) is 23.9 Å². The molecule has 0 saturated heterocycles. The van der Waals surface area contributed by atoms with E-state index in [0.717, 1.165) is 11.0 Å². The first-order valence-corrected chi connectivity index (χ1v) is 9.27. The Hall–Kier alpha value is -3.71. The highest BCUT2D eigenvalue weighted by molar-refractivity contribution is 6.30. The van der Waals surface area contributed by atoms with Crippen molar-refractivity contribution in [3.63, 3.8) is 0 Å². The van der Waals surface area contributed by atoms with Gasteiger partial charge in [0.1, 0.15) is 11.6 Å². The molecule has 4 rings (SSSR count).